The molecule has 0 N–H and O–H groups in total. The molecule has 7 heteroatoms. The Morgan fingerprint density at radius 2 is 1.61 bits per heavy atom. The summed E-state index contributed by atoms with van der Waals surface area (Å²) < 4.78 is 35.8. The van der Waals surface area contributed by atoms with Gasteiger partial charge in [0.2, 0.25) is 0 Å². The van der Waals surface area contributed by atoms with E-state index in [1.807, 2.05) is 11.8 Å². The minimum absolute atomic E-state index is 0.404. The van der Waals surface area contributed by atoms with Crippen molar-refractivity contribution < 1.29 is 22.3 Å². The lowest BCUT2D eigenvalue weighted by Crippen LogP contribution is -2.56. The van der Waals surface area contributed by atoms with Crippen molar-refractivity contribution in [3.63, 3.8) is 0 Å². The van der Waals surface area contributed by atoms with E-state index in [1.54, 1.807) is 0 Å². The molecule has 23 heavy (non-hydrogen) atoms. The average molecular weight is 362 g/mol. The maximum atomic E-state index is 9.08. The second kappa shape index (κ2) is 6.23. The minimum Gasteiger partial charge on any atom is -0.748 e. The Bertz CT molecular complexity index is 556. The lowest BCUT2D eigenvalue weighted by molar-refractivity contribution is -0.605. The average Bonchev–Trinajstić information content (AvgIpc) is 2.81. The van der Waals surface area contributed by atoms with Crippen LogP contribution in [0.2, 0.25) is 0 Å². The fourth-order valence-corrected chi connectivity index (χ4v) is 6.34. The van der Waals surface area contributed by atoms with E-state index in [0.29, 0.717) is 17.9 Å². The summed E-state index contributed by atoms with van der Waals surface area (Å²) >= 11 is 1.93. The molecule has 0 aromatic heterocycles. The van der Waals surface area contributed by atoms with Gasteiger partial charge in [-0.25, -0.2) is 8.42 Å². The molecule has 4 saturated carbocycles. The molecule has 4 aliphatic carbocycles. The molecule has 5 rings (SSSR count). The van der Waals surface area contributed by atoms with Gasteiger partial charge in [0, 0.05) is 31.3 Å². The second-order valence-corrected chi connectivity index (χ2v) is 10.3. The Balaban J connectivity index is 0.000000276. The zero-order valence-corrected chi connectivity index (χ0v) is 15.8. The van der Waals surface area contributed by atoms with E-state index in [-0.39, 0.29) is 0 Å². The molecule has 1 unspecified atom stereocenters. The largest absolute Gasteiger partial charge is 0.748 e. The van der Waals surface area contributed by atoms with Crippen LogP contribution in [0.3, 0.4) is 0 Å². The summed E-state index contributed by atoms with van der Waals surface area (Å²) in [5.74, 6) is 4.18. The number of ether oxygens (including phenoxy) is 1. The SMILES string of the molecule is CC1CSC(=[N+](C)C23CC4CC(CC(C4)C2)C3)O1.CS(=O)(=O)[O-]. The van der Waals surface area contributed by atoms with Crippen LogP contribution in [-0.4, -0.2) is 53.5 Å². The van der Waals surface area contributed by atoms with E-state index in [4.69, 9.17) is 17.7 Å². The van der Waals surface area contributed by atoms with Crippen molar-refractivity contribution in [1.29, 1.82) is 0 Å². The number of nitrogens with zero attached hydrogens (tertiary/aromatic N) is 1. The highest BCUT2D eigenvalue weighted by atomic mass is 32.2. The van der Waals surface area contributed by atoms with Crippen LogP contribution >= 0.6 is 11.8 Å². The predicted octanol–water partition coefficient (Wildman–Crippen LogP) is 2.27. The van der Waals surface area contributed by atoms with Gasteiger partial charge in [0.1, 0.15) is 13.2 Å². The fraction of sp³-hybridized carbons (Fsp3) is 0.938. The number of rotatable bonds is 1. The molecule has 5 nitrogen and oxygen atoms in total. The molecule has 5 fully saturated rings. The molecule has 0 aromatic carbocycles. The molecule has 5 aliphatic rings. The van der Waals surface area contributed by atoms with Crippen molar-refractivity contribution in [2.45, 2.75) is 57.1 Å². The summed E-state index contributed by atoms with van der Waals surface area (Å²) in [6.45, 7) is 2.19. The zero-order valence-electron chi connectivity index (χ0n) is 14.2. The number of hydrogen-bond acceptors (Lipinski definition) is 5. The van der Waals surface area contributed by atoms with Crippen LogP contribution in [0, 0.1) is 17.8 Å². The molecule has 0 spiro atoms. The first-order chi connectivity index (χ1) is 10.6. The van der Waals surface area contributed by atoms with Gasteiger partial charge in [-0.05, 0) is 55.7 Å². The lowest BCUT2D eigenvalue weighted by Gasteiger charge is -2.53. The molecule has 4 bridgehead atoms. The minimum atomic E-state index is -3.92. The Morgan fingerprint density at radius 1 is 1.17 bits per heavy atom. The van der Waals surface area contributed by atoms with Gasteiger partial charge >= 0.3 is 5.23 Å². The molecule has 0 aromatic rings. The van der Waals surface area contributed by atoms with Gasteiger partial charge in [0.25, 0.3) is 0 Å². The smallest absolute Gasteiger partial charge is 0.401 e. The quantitative estimate of drug-likeness (QED) is 0.529. The lowest BCUT2D eigenvalue weighted by atomic mass is 9.53. The Kier molecular flexibility index (Phi) is 4.75. The number of thioether (sulfide) groups is 1. The van der Waals surface area contributed by atoms with E-state index >= 15 is 0 Å². The summed E-state index contributed by atoms with van der Waals surface area (Å²) in [6, 6.07) is 0. The predicted molar refractivity (Wildman–Crippen MR) is 90.7 cm³/mol. The van der Waals surface area contributed by atoms with Crippen LogP contribution in [0.5, 0.6) is 0 Å². The van der Waals surface area contributed by atoms with Crippen molar-refractivity contribution in [3.05, 3.63) is 0 Å². The van der Waals surface area contributed by atoms with Crippen LogP contribution in [-0.2, 0) is 14.9 Å². The van der Waals surface area contributed by atoms with Gasteiger partial charge in [-0.2, -0.15) is 4.58 Å². The van der Waals surface area contributed by atoms with Crippen molar-refractivity contribution >= 4 is 27.1 Å². The third kappa shape index (κ3) is 4.04. The maximum Gasteiger partial charge on any atom is 0.401 e. The summed E-state index contributed by atoms with van der Waals surface area (Å²) in [4.78, 5) is 0. The Hall–Kier alpha value is -0.270. The van der Waals surface area contributed by atoms with Crippen LogP contribution in [0.4, 0.5) is 0 Å². The molecule has 0 radical (unpaired) electrons. The van der Waals surface area contributed by atoms with E-state index in [0.717, 1.165) is 23.5 Å². The van der Waals surface area contributed by atoms with E-state index in [2.05, 4.69) is 18.5 Å². The van der Waals surface area contributed by atoms with Crippen molar-refractivity contribution in [2.75, 3.05) is 19.1 Å². The monoisotopic (exact) mass is 361 g/mol. The summed E-state index contributed by atoms with van der Waals surface area (Å²) in [5, 5.41) is 1.21. The van der Waals surface area contributed by atoms with Crippen LogP contribution in [0.1, 0.15) is 45.4 Å². The molecule has 1 heterocycles. The molecular formula is C16H27NO4S2. The topological polar surface area (TPSA) is 69.4 Å². The first-order valence-corrected chi connectivity index (χ1v) is 11.3. The van der Waals surface area contributed by atoms with Gasteiger partial charge in [0.15, 0.2) is 5.54 Å². The molecule has 1 saturated heterocycles. The van der Waals surface area contributed by atoms with Crippen LogP contribution in [0.25, 0.3) is 0 Å². The van der Waals surface area contributed by atoms with Crippen LogP contribution in [0.15, 0.2) is 0 Å². The summed E-state index contributed by atoms with van der Waals surface area (Å²) in [5.41, 5.74) is 0.459. The number of hydrogen-bond donors (Lipinski definition) is 0. The third-order valence-corrected chi connectivity index (χ3v) is 6.99. The van der Waals surface area contributed by atoms with E-state index in [1.165, 1.54) is 43.8 Å². The third-order valence-electron chi connectivity index (χ3n) is 5.73. The van der Waals surface area contributed by atoms with E-state index in [9.17, 15) is 0 Å². The molecule has 132 valence electrons. The summed E-state index contributed by atoms with van der Waals surface area (Å²) in [6.07, 6.45) is 9.85. The molecule has 1 aliphatic heterocycles. The highest BCUT2D eigenvalue weighted by Gasteiger charge is 2.57. The summed E-state index contributed by atoms with van der Waals surface area (Å²) in [7, 11) is -1.62. The van der Waals surface area contributed by atoms with Gasteiger partial charge in [-0.3, -0.25) is 0 Å². The molecule has 0 amide bonds. The van der Waals surface area contributed by atoms with Crippen molar-refractivity contribution in [1.82, 2.24) is 0 Å². The van der Waals surface area contributed by atoms with Crippen molar-refractivity contribution in [3.8, 4) is 0 Å². The van der Waals surface area contributed by atoms with Gasteiger partial charge in [0.05, 0.1) is 10.1 Å². The van der Waals surface area contributed by atoms with E-state index < -0.39 is 10.1 Å². The van der Waals surface area contributed by atoms with Gasteiger partial charge in [-0.15, -0.1) is 0 Å². The van der Waals surface area contributed by atoms with Gasteiger partial charge in [-0.1, -0.05) is 0 Å². The first-order valence-electron chi connectivity index (χ1n) is 8.46. The molecular weight excluding hydrogens is 334 g/mol. The highest BCUT2D eigenvalue weighted by molar-refractivity contribution is 8.13. The van der Waals surface area contributed by atoms with Crippen LogP contribution < -0.4 is 0 Å². The highest BCUT2D eigenvalue weighted by Crippen LogP contribution is 2.57. The zero-order chi connectivity index (χ0) is 16.8. The van der Waals surface area contributed by atoms with Gasteiger partial charge < -0.3 is 9.29 Å². The maximum absolute atomic E-state index is 9.08. The van der Waals surface area contributed by atoms with Crippen molar-refractivity contribution in [2.24, 2.45) is 17.8 Å². The first kappa shape index (κ1) is 17.5. The standard InChI is InChI=1S/C15H24NOS.CH4O3S/c1-10-9-18-14(17-10)16(2)15-6-11-3-12(7-15)5-13(4-11)8-15;1-5(2,3)4/h10-13H,3-9H2,1-2H3;1H3,(H,2,3,4)/q+1;/p-1. The normalized spacial score (nSPS) is 43.7. The Labute approximate surface area is 143 Å². The molecule has 1 atom stereocenters. The Morgan fingerprint density at radius 3 is 1.96 bits per heavy atom. The second-order valence-electron chi connectivity index (χ2n) is 7.91. The fourth-order valence-electron chi connectivity index (χ4n) is 5.27.